The van der Waals surface area contributed by atoms with Crippen molar-refractivity contribution >= 4 is 6.09 Å². The number of hydrogen-bond donors (Lipinski definition) is 2. The van der Waals surface area contributed by atoms with E-state index < -0.39 is 6.09 Å². The number of alkyl carbamates (subject to hydrolysis) is 1. The highest BCUT2D eigenvalue weighted by Gasteiger charge is 2.02. The number of ether oxygens (including phenoxy) is 1. The van der Waals surface area contributed by atoms with E-state index >= 15 is 0 Å². The molecule has 1 aromatic rings. The number of carbonyl (C=O) groups excluding carboxylic acids is 1. The fourth-order valence-electron chi connectivity index (χ4n) is 1.04. The summed E-state index contributed by atoms with van der Waals surface area (Å²) in [6.45, 7) is 3.78. The molecule has 2 N–H and O–H groups in total. The fraction of sp³-hybridized carbons (Fsp3) is 0.273. The third-order valence-electron chi connectivity index (χ3n) is 1.77. The zero-order valence-corrected chi connectivity index (χ0v) is 8.85. The molecule has 1 heterocycles. The van der Waals surface area contributed by atoms with Crippen molar-refractivity contribution in [2.45, 2.75) is 13.2 Å². The number of nitrogens with zero attached hydrogens (tertiary/aromatic N) is 1. The van der Waals surface area contributed by atoms with Gasteiger partial charge in [-0.15, -0.1) is 6.58 Å². The molecule has 1 amide bonds. The molecule has 0 saturated carbocycles. The monoisotopic (exact) mass is 222 g/mol. The zero-order chi connectivity index (χ0) is 11.8. The first-order valence-electron chi connectivity index (χ1n) is 4.83. The highest BCUT2D eigenvalue weighted by atomic mass is 16.5. The molecule has 0 bridgehead atoms. The van der Waals surface area contributed by atoms with Crippen LogP contribution in [0.1, 0.15) is 11.4 Å². The Morgan fingerprint density at radius 2 is 2.31 bits per heavy atom. The van der Waals surface area contributed by atoms with E-state index in [0.717, 1.165) is 0 Å². The molecule has 5 heteroatoms. The van der Waals surface area contributed by atoms with Gasteiger partial charge in [0.15, 0.2) is 0 Å². The Kier molecular flexibility index (Phi) is 5.01. The Morgan fingerprint density at radius 1 is 1.56 bits per heavy atom. The molecule has 0 aromatic carbocycles. The normalized spacial score (nSPS) is 9.56. The topological polar surface area (TPSA) is 71.5 Å². The van der Waals surface area contributed by atoms with Crippen LogP contribution >= 0.6 is 0 Å². The average Bonchev–Trinajstić information content (AvgIpc) is 2.34. The lowest BCUT2D eigenvalue weighted by atomic mass is 10.3. The second kappa shape index (κ2) is 6.58. The van der Waals surface area contributed by atoms with Gasteiger partial charge in [-0.1, -0.05) is 12.1 Å². The summed E-state index contributed by atoms with van der Waals surface area (Å²) in [7, 11) is 0. The van der Waals surface area contributed by atoms with E-state index in [0.29, 0.717) is 17.9 Å². The molecule has 0 aliphatic rings. The standard InChI is InChI=1S/C11H14N2O3/c1-2-6-12-11(15)16-8-10-5-3-4-9(7-14)13-10/h2-5,14H,1,6-8H2,(H,12,15). The minimum Gasteiger partial charge on any atom is -0.443 e. The van der Waals surface area contributed by atoms with Crippen molar-refractivity contribution < 1.29 is 14.6 Å². The van der Waals surface area contributed by atoms with Crippen LogP contribution in [0.4, 0.5) is 4.79 Å². The zero-order valence-electron chi connectivity index (χ0n) is 8.85. The molecule has 0 atom stereocenters. The molecule has 86 valence electrons. The maximum Gasteiger partial charge on any atom is 0.407 e. The number of aliphatic hydroxyl groups excluding tert-OH is 1. The number of amides is 1. The summed E-state index contributed by atoms with van der Waals surface area (Å²) >= 11 is 0. The first-order chi connectivity index (χ1) is 7.76. The van der Waals surface area contributed by atoms with Crippen LogP contribution in [-0.4, -0.2) is 22.7 Å². The summed E-state index contributed by atoms with van der Waals surface area (Å²) in [5, 5.41) is 11.3. The van der Waals surface area contributed by atoms with E-state index in [1.165, 1.54) is 0 Å². The predicted molar refractivity (Wildman–Crippen MR) is 58.5 cm³/mol. The lowest BCUT2D eigenvalue weighted by molar-refractivity contribution is 0.139. The Balaban J connectivity index is 2.41. The first kappa shape index (κ1) is 12.2. The van der Waals surface area contributed by atoms with Gasteiger partial charge in [-0.25, -0.2) is 4.79 Å². The van der Waals surface area contributed by atoms with Crippen LogP contribution in [0.25, 0.3) is 0 Å². The molecule has 0 aliphatic carbocycles. The molecule has 0 saturated heterocycles. The van der Waals surface area contributed by atoms with Crippen molar-refractivity contribution in [3.05, 3.63) is 42.2 Å². The van der Waals surface area contributed by atoms with Gasteiger partial charge in [0.2, 0.25) is 0 Å². The van der Waals surface area contributed by atoms with Crippen LogP contribution in [0.2, 0.25) is 0 Å². The van der Waals surface area contributed by atoms with Gasteiger partial charge in [-0.2, -0.15) is 0 Å². The molecule has 1 aromatic heterocycles. The minimum absolute atomic E-state index is 0.0802. The van der Waals surface area contributed by atoms with Gasteiger partial charge in [-0.3, -0.25) is 4.98 Å². The molecule has 0 radical (unpaired) electrons. The van der Waals surface area contributed by atoms with E-state index in [4.69, 9.17) is 9.84 Å². The lowest BCUT2D eigenvalue weighted by Crippen LogP contribution is -2.24. The van der Waals surface area contributed by atoms with Crippen LogP contribution in [0.3, 0.4) is 0 Å². The highest BCUT2D eigenvalue weighted by Crippen LogP contribution is 2.01. The summed E-state index contributed by atoms with van der Waals surface area (Å²) in [5.41, 5.74) is 1.15. The van der Waals surface area contributed by atoms with E-state index in [1.54, 1.807) is 24.3 Å². The van der Waals surface area contributed by atoms with E-state index in [-0.39, 0.29) is 13.2 Å². The second-order valence-corrected chi connectivity index (χ2v) is 3.02. The van der Waals surface area contributed by atoms with Crippen molar-refractivity contribution in [3.8, 4) is 0 Å². The maximum atomic E-state index is 11.1. The summed E-state index contributed by atoms with van der Waals surface area (Å²) in [6, 6.07) is 5.17. The number of nitrogens with one attached hydrogen (secondary N) is 1. The number of carbonyl (C=O) groups is 1. The highest BCUT2D eigenvalue weighted by molar-refractivity contribution is 5.67. The SMILES string of the molecule is C=CCNC(=O)OCc1cccc(CO)n1. The van der Waals surface area contributed by atoms with Crippen molar-refractivity contribution in [3.63, 3.8) is 0 Å². The van der Waals surface area contributed by atoms with Gasteiger partial charge < -0.3 is 15.2 Å². The molecule has 16 heavy (non-hydrogen) atoms. The Morgan fingerprint density at radius 3 is 3.00 bits per heavy atom. The van der Waals surface area contributed by atoms with Crippen LogP contribution in [0.15, 0.2) is 30.9 Å². The third kappa shape index (κ3) is 4.10. The predicted octanol–water partition coefficient (Wildman–Crippen LogP) is 0.986. The third-order valence-corrected chi connectivity index (χ3v) is 1.77. The number of pyridine rings is 1. The van der Waals surface area contributed by atoms with Crippen molar-refractivity contribution in [1.82, 2.24) is 10.3 Å². The number of aromatic nitrogens is 1. The molecule has 0 fully saturated rings. The van der Waals surface area contributed by atoms with Gasteiger partial charge in [0.1, 0.15) is 6.61 Å². The van der Waals surface area contributed by atoms with Crippen molar-refractivity contribution in [2.75, 3.05) is 6.54 Å². The lowest BCUT2D eigenvalue weighted by Gasteiger charge is -2.05. The van der Waals surface area contributed by atoms with E-state index in [9.17, 15) is 4.79 Å². The summed E-state index contributed by atoms with van der Waals surface area (Å²) in [4.78, 5) is 15.1. The summed E-state index contributed by atoms with van der Waals surface area (Å²) in [6.07, 6.45) is 1.04. The molecular weight excluding hydrogens is 208 g/mol. The molecule has 1 rings (SSSR count). The largest absolute Gasteiger partial charge is 0.443 e. The Hall–Kier alpha value is -1.88. The Bertz CT molecular complexity index is 366. The first-order valence-corrected chi connectivity index (χ1v) is 4.83. The van der Waals surface area contributed by atoms with Crippen molar-refractivity contribution in [2.24, 2.45) is 0 Å². The van der Waals surface area contributed by atoms with Crippen molar-refractivity contribution in [1.29, 1.82) is 0 Å². The quantitative estimate of drug-likeness (QED) is 0.729. The molecular formula is C11H14N2O3. The molecule has 0 spiro atoms. The summed E-state index contributed by atoms with van der Waals surface area (Å²) < 4.78 is 4.89. The van der Waals surface area contributed by atoms with Gasteiger partial charge in [0, 0.05) is 6.54 Å². The number of rotatable bonds is 5. The average molecular weight is 222 g/mol. The molecule has 5 nitrogen and oxygen atoms in total. The van der Waals surface area contributed by atoms with Gasteiger partial charge in [0.25, 0.3) is 0 Å². The second-order valence-electron chi connectivity index (χ2n) is 3.02. The fourth-order valence-corrected chi connectivity index (χ4v) is 1.04. The molecule has 0 unspecified atom stereocenters. The Labute approximate surface area is 93.8 Å². The number of hydrogen-bond acceptors (Lipinski definition) is 4. The van der Waals surface area contributed by atoms with Crippen LogP contribution in [-0.2, 0) is 18.0 Å². The van der Waals surface area contributed by atoms with Crippen LogP contribution in [0.5, 0.6) is 0 Å². The van der Waals surface area contributed by atoms with Gasteiger partial charge in [0.05, 0.1) is 18.0 Å². The number of aliphatic hydroxyl groups is 1. The smallest absolute Gasteiger partial charge is 0.407 e. The van der Waals surface area contributed by atoms with Crippen LogP contribution in [0, 0.1) is 0 Å². The van der Waals surface area contributed by atoms with Gasteiger partial charge in [-0.05, 0) is 12.1 Å². The van der Waals surface area contributed by atoms with E-state index in [1.807, 2.05) is 0 Å². The van der Waals surface area contributed by atoms with E-state index in [2.05, 4.69) is 16.9 Å². The maximum absolute atomic E-state index is 11.1. The van der Waals surface area contributed by atoms with Crippen LogP contribution < -0.4 is 5.32 Å². The minimum atomic E-state index is -0.517. The molecule has 0 aliphatic heterocycles. The summed E-state index contributed by atoms with van der Waals surface area (Å²) in [5.74, 6) is 0. The van der Waals surface area contributed by atoms with Gasteiger partial charge >= 0.3 is 6.09 Å².